The Labute approximate surface area is 116 Å². The number of hydrogen-bond acceptors (Lipinski definition) is 2. The molecule has 0 saturated heterocycles. The van der Waals surface area contributed by atoms with Crippen LogP contribution in [0.4, 0.5) is 14.5 Å². The van der Waals surface area contributed by atoms with Crippen molar-refractivity contribution < 1.29 is 8.78 Å². The third-order valence-corrected chi connectivity index (χ3v) is 2.98. The van der Waals surface area contributed by atoms with E-state index < -0.39 is 11.4 Å². The Morgan fingerprint density at radius 3 is 2.55 bits per heavy atom. The van der Waals surface area contributed by atoms with Crippen LogP contribution in [0.15, 0.2) is 48.5 Å². The van der Waals surface area contributed by atoms with E-state index in [2.05, 4.69) is 11.4 Å². The second kappa shape index (κ2) is 5.70. The summed E-state index contributed by atoms with van der Waals surface area (Å²) in [4.78, 5) is 0. The summed E-state index contributed by atoms with van der Waals surface area (Å²) in [6, 6.07) is 14.3. The molecule has 2 rings (SSSR count). The predicted molar refractivity (Wildman–Crippen MR) is 74.1 cm³/mol. The van der Waals surface area contributed by atoms with Crippen LogP contribution >= 0.6 is 0 Å². The third-order valence-electron chi connectivity index (χ3n) is 2.98. The van der Waals surface area contributed by atoms with Crippen LogP contribution in [0.25, 0.3) is 0 Å². The fourth-order valence-electron chi connectivity index (χ4n) is 2.03. The van der Waals surface area contributed by atoms with Gasteiger partial charge in [-0.15, -0.1) is 0 Å². The van der Waals surface area contributed by atoms with Crippen molar-refractivity contribution in [2.45, 2.75) is 18.9 Å². The summed E-state index contributed by atoms with van der Waals surface area (Å²) in [5, 5.41) is 12.2. The molecule has 1 N–H and O–H groups in total. The fraction of sp³-hybridized carbons (Fsp3) is 0.188. The monoisotopic (exact) mass is 272 g/mol. The lowest BCUT2D eigenvalue weighted by Crippen LogP contribution is -2.35. The van der Waals surface area contributed by atoms with Gasteiger partial charge < -0.3 is 5.32 Å². The fourth-order valence-corrected chi connectivity index (χ4v) is 2.03. The quantitative estimate of drug-likeness (QED) is 0.916. The summed E-state index contributed by atoms with van der Waals surface area (Å²) in [6.07, 6.45) is 0.273. The molecule has 0 radical (unpaired) electrons. The van der Waals surface area contributed by atoms with Crippen molar-refractivity contribution in [1.82, 2.24) is 0 Å². The van der Waals surface area contributed by atoms with Crippen LogP contribution in [-0.2, 0) is 6.42 Å². The standard InChI is InChI=1S/C16H14F2N2/c1-16(11-19,10-12-5-4-6-13(17)9-12)20-15-8-3-2-7-14(15)18/h2-9,20H,10H2,1H3. The first-order valence-corrected chi connectivity index (χ1v) is 6.21. The van der Waals surface area contributed by atoms with Gasteiger partial charge in [0.1, 0.15) is 17.2 Å². The maximum absolute atomic E-state index is 13.6. The molecule has 0 aliphatic heterocycles. The van der Waals surface area contributed by atoms with Crippen LogP contribution < -0.4 is 5.32 Å². The van der Waals surface area contributed by atoms with Crippen molar-refractivity contribution in [2.75, 3.05) is 5.32 Å². The van der Waals surface area contributed by atoms with Gasteiger partial charge in [0.2, 0.25) is 0 Å². The first kappa shape index (κ1) is 14.0. The van der Waals surface area contributed by atoms with Gasteiger partial charge in [-0.2, -0.15) is 5.26 Å². The third kappa shape index (κ3) is 3.33. The van der Waals surface area contributed by atoms with E-state index in [0.29, 0.717) is 5.56 Å². The number of nitriles is 1. The lowest BCUT2D eigenvalue weighted by atomic mass is 9.94. The van der Waals surface area contributed by atoms with Gasteiger partial charge in [-0.3, -0.25) is 0 Å². The number of para-hydroxylation sites is 1. The predicted octanol–water partition coefficient (Wildman–Crippen LogP) is 3.90. The van der Waals surface area contributed by atoms with E-state index in [1.165, 1.54) is 18.2 Å². The number of nitrogens with zero attached hydrogens (tertiary/aromatic N) is 1. The molecule has 2 nitrogen and oxygen atoms in total. The Kier molecular flexibility index (Phi) is 3.99. The summed E-state index contributed by atoms with van der Waals surface area (Å²) in [6.45, 7) is 1.66. The van der Waals surface area contributed by atoms with Gasteiger partial charge in [0.05, 0.1) is 11.8 Å². The molecule has 20 heavy (non-hydrogen) atoms. The smallest absolute Gasteiger partial charge is 0.146 e. The minimum Gasteiger partial charge on any atom is -0.365 e. The van der Waals surface area contributed by atoms with Gasteiger partial charge in [0.15, 0.2) is 0 Å². The van der Waals surface area contributed by atoms with Gasteiger partial charge in [0.25, 0.3) is 0 Å². The molecule has 2 aromatic carbocycles. The normalized spacial score (nSPS) is 13.3. The van der Waals surface area contributed by atoms with Crippen LogP contribution in [0, 0.1) is 23.0 Å². The summed E-state index contributed by atoms with van der Waals surface area (Å²) < 4.78 is 26.8. The summed E-state index contributed by atoms with van der Waals surface area (Å²) in [5.74, 6) is -0.776. The summed E-state index contributed by atoms with van der Waals surface area (Å²) >= 11 is 0. The van der Waals surface area contributed by atoms with Gasteiger partial charge in [-0.05, 0) is 36.8 Å². The number of benzene rings is 2. The van der Waals surface area contributed by atoms with E-state index in [1.807, 2.05) is 0 Å². The van der Waals surface area contributed by atoms with Crippen LogP contribution in [0.5, 0.6) is 0 Å². The maximum Gasteiger partial charge on any atom is 0.146 e. The Bertz CT molecular complexity index is 649. The average molecular weight is 272 g/mol. The van der Waals surface area contributed by atoms with Crippen molar-refractivity contribution in [3.63, 3.8) is 0 Å². The lowest BCUT2D eigenvalue weighted by Gasteiger charge is -2.25. The van der Waals surface area contributed by atoms with Crippen LogP contribution in [0.1, 0.15) is 12.5 Å². The van der Waals surface area contributed by atoms with Crippen molar-refractivity contribution in [3.8, 4) is 6.07 Å². The zero-order valence-corrected chi connectivity index (χ0v) is 11.0. The van der Waals surface area contributed by atoms with Crippen molar-refractivity contribution in [2.24, 2.45) is 0 Å². The molecule has 0 spiro atoms. The number of hydrogen-bond donors (Lipinski definition) is 1. The zero-order valence-electron chi connectivity index (χ0n) is 11.0. The molecule has 0 bridgehead atoms. The molecule has 0 saturated carbocycles. The minimum atomic E-state index is -1.02. The highest BCUT2D eigenvalue weighted by molar-refractivity contribution is 5.49. The van der Waals surface area contributed by atoms with Gasteiger partial charge >= 0.3 is 0 Å². The molecule has 1 unspecified atom stereocenters. The Morgan fingerprint density at radius 1 is 1.15 bits per heavy atom. The van der Waals surface area contributed by atoms with Crippen LogP contribution in [0.3, 0.4) is 0 Å². The minimum absolute atomic E-state index is 0.257. The van der Waals surface area contributed by atoms with Gasteiger partial charge in [0, 0.05) is 6.42 Å². The maximum atomic E-state index is 13.6. The highest BCUT2D eigenvalue weighted by atomic mass is 19.1. The van der Waals surface area contributed by atoms with Gasteiger partial charge in [-0.25, -0.2) is 8.78 Å². The molecule has 0 fully saturated rings. The van der Waals surface area contributed by atoms with E-state index in [4.69, 9.17) is 0 Å². The van der Waals surface area contributed by atoms with E-state index in [-0.39, 0.29) is 17.9 Å². The van der Waals surface area contributed by atoms with E-state index in [9.17, 15) is 14.0 Å². The number of anilines is 1. The largest absolute Gasteiger partial charge is 0.365 e. The Balaban J connectivity index is 2.22. The van der Waals surface area contributed by atoms with Crippen molar-refractivity contribution >= 4 is 5.69 Å². The topological polar surface area (TPSA) is 35.8 Å². The van der Waals surface area contributed by atoms with Crippen LogP contribution in [-0.4, -0.2) is 5.54 Å². The van der Waals surface area contributed by atoms with Crippen LogP contribution in [0.2, 0.25) is 0 Å². The molecular weight excluding hydrogens is 258 g/mol. The lowest BCUT2D eigenvalue weighted by molar-refractivity contribution is 0.598. The van der Waals surface area contributed by atoms with E-state index >= 15 is 0 Å². The highest BCUT2D eigenvalue weighted by Gasteiger charge is 2.25. The molecule has 2 aromatic rings. The summed E-state index contributed by atoms with van der Waals surface area (Å²) in [5.41, 5.74) is -0.0819. The molecule has 0 heterocycles. The first-order chi connectivity index (χ1) is 9.52. The Morgan fingerprint density at radius 2 is 1.90 bits per heavy atom. The average Bonchev–Trinajstić information content (AvgIpc) is 2.41. The molecule has 4 heteroatoms. The van der Waals surface area contributed by atoms with E-state index in [1.54, 1.807) is 37.3 Å². The Hall–Kier alpha value is -2.41. The van der Waals surface area contributed by atoms with Gasteiger partial charge in [-0.1, -0.05) is 24.3 Å². The summed E-state index contributed by atoms with van der Waals surface area (Å²) in [7, 11) is 0. The molecule has 0 aliphatic rings. The molecule has 0 amide bonds. The first-order valence-electron chi connectivity index (χ1n) is 6.21. The second-order valence-electron chi connectivity index (χ2n) is 4.86. The molecule has 0 aromatic heterocycles. The van der Waals surface area contributed by atoms with Crippen molar-refractivity contribution in [1.29, 1.82) is 5.26 Å². The molecule has 0 aliphatic carbocycles. The van der Waals surface area contributed by atoms with E-state index in [0.717, 1.165) is 0 Å². The number of halogens is 2. The molecular formula is C16H14F2N2. The second-order valence-corrected chi connectivity index (χ2v) is 4.86. The molecule has 1 atom stereocenters. The SMILES string of the molecule is CC(C#N)(Cc1cccc(F)c1)Nc1ccccc1F. The number of nitrogens with one attached hydrogen (secondary N) is 1. The number of rotatable bonds is 4. The van der Waals surface area contributed by atoms with Crippen molar-refractivity contribution in [3.05, 3.63) is 65.7 Å². The zero-order chi connectivity index (χ0) is 14.6. The highest BCUT2D eigenvalue weighted by Crippen LogP contribution is 2.22. The molecule has 102 valence electrons.